The number of anilines is 2. The molecule has 4 aliphatic rings. The number of amidine groups is 1. The van der Waals surface area contributed by atoms with E-state index < -0.39 is 21.0 Å². The number of sulfone groups is 1. The molecule has 2 saturated heterocycles. The fraction of sp³-hybridized carbons (Fsp3) is 0.567. The van der Waals surface area contributed by atoms with Crippen LogP contribution in [0.15, 0.2) is 34.2 Å². The molecule has 236 valence electrons. The molecule has 3 aliphatic heterocycles. The van der Waals surface area contributed by atoms with Crippen molar-refractivity contribution in [3.05, 3.63) is 40.7 Å². The molecule has 4 heterocycles. The fourth-order valence-corrected chi connectivity index (χ4v) is 9.10. The summed E-state index contributed by atoms with van der Waals surface area (Å²) in [5.74, 6) is -0.389. The van der Waals surface area contributed by atoms with Gasteiger partial charge in [0.05, 0.1) is 15.7 Å². The first kappa shape index (κ1) is 30.7. The summed E-state index contributed by atoms with van der Waals surface area (Å²) >= 11 is 5.91. The van der Waals surface area contributed by atoms with Crippen molar-refractivity contribution >= 4 is 50.7 Å². The Morgan fingerprint density at radius 2 is 1.66 bits per heavy atom. The zero-order valence-electron chi connectivity index (χ0n) is 24.7. The van der Waals surface area contributed by atoms with Crippen LogP contribution in [0.1, 0.15) is 85.1 Å². The summed E-state index contributed by atoms with van der Waals surface area (Å²) in [5, 5.41) is 2.26. The first-order chi connectivity index (χ1) is 21.0. The lowest BCUT2D eigenvalue weighted by Gasteiger charge is -2.37. The summed E-state index contributed by atoms with van der Waals surface area (Å²) < 4.78 is 27.1. The highest BCUT2D eigenvalue weighted by atomic mass is 35.5. The van der Waals surface area contributed by atoms with Crippen molar-refractivity contribution in [1.29, 1.82) is 0 Å². The number of rotatable bonds is 5. The molecule has 2 amide bonds. The van der Waals surface area contributed by atoms with Crippen LogP contribution in [0.25, 0.3) is 0 Å². The monoisotopic (exact) mass is 642 g/mol. The number of carbonyl (C=O) groups excluding carboxylic acids is 2. The quantitative estimate of drug-likeness (QED) is 0.442. The van der Waals surface area contributed by atoms with Crippen LogP contribution in [0.4, 0.5) is 11.6 Å². The first-order valence-corrected chi connectivity index (χ1v) is 17.3. The van der Waals surface area contributed by atoms with Crippen molar-refractivity contribution in [1.82, 2.24) is 25.1 Å². The zero-order chi connectivity index (χ0) is 31.1. The summed E-state index contributed by atoms with van der Waals surface area (Å²) in [6.07, 6.45) is 8.16. The Morgan fingerprint density at radius 1 is 0.955 bits per heavy atom. The molecule has 1 spiro atoms. The van der Waals surface area contributed by atoms with E-state index in [9.17, 15) is 18.0 Å². The number of nitrogens with two attached hydrogens (primary N) is 2. The minimum Gasteiger partial charge on any atom is -0.382 e. The van der Waals surface area contributed by atoms with Gasteiger partial charge < -0.3 is 26.6 Å². The lowest BCUT2D eigenvalue weighted by Crippen LogP contribution is -2.45. The Hall–Kier alpha value is -3.29. The number of amides is 2. The molecule has 1 aliphatic carbocycles. The molecule has 14 heteroatoms. The molecule has 1 aromatic heterocycles. The van der Waals surface area contributed by atoms with Gasteiger partial charge in [-0.15, -0.1) is 0 Å². The Labute approximate surface area is 262 Å². The number of piperidine rings is 1. The molecule has 12 nitrogen and oxygen atoms in total. The molecule has 1 saturated carbocycles. The minimum absolute atomic E-state index is 0.0530. The maximum absolute atomic E-state index is 13.6. The molecule has 0 unspecified atom stereocenters. The smallest absolute Gasteiger partial charge is 0.279 e. The second kappa shape index (κ2) is 12.2. The number of aromatic nitrogens is 2. The third kappa shape index (κ3) is 6.14. The van der Waals surface area contributed by atoms with E-state index in [1.54, 1.807) is 29.2 Å². The second-order valence-corrected chi connectivity index (χ2v) is 15.0. The largest absolute Gasteiger partial charge is 0.382 e. The molecule has 0 atom stereocenters. The van der Waals surface area contributed by atoms with Crippen molar-refractivity contribution < 1.29 is 18.0 Å². The molecule has 0 radical (unpaired) electrons. The van der Waals surface area contributed by atoms with Crippen LogP contribution in [0.3, 0.4) is 0 Å². The SMILES string of the molecule is Nc1nc(N)c(C(=O)NC2=NC3(CC2)CCN(C(=O)c2cccc(S(=O)(=O)C4CCC(N5CCCC5)CC4)c2)CC3)nc1Cl. The van der Waals surface area contributed by atoms with Crippen LogP contribution in [0.5, 0.6) is 0 Å². The maximum atomic E-state index is 13.6. The number of nitrogens with zero attached hydrogens (tertiary/aromatic N) is 5. The van der Waals surface area contributed by atoms with E-state index in [2.05, 4.69) is 20.2 Å². The molecular weight excluding hydrogens is 604 g/mol. The van der Waals surface area contributed by atoms with Gasteiger partial charge in [0.1, 0.15) is 5.84 Å². The van der Waals surface area contributed by atoms with Crippen LogP contribution >= 0.6 is 11.6 Å². The molecule has 6 rings (SSSR count). The molecule has 3 fully saturated rings. The summed E-state index contributed by atoms with van der Waals surface area (Å²) in [6, 6.07) is 7.02. The second-order valence-electron chi connectivity index (χ2n) is 12.4. The summed E-state index contributed by atoms with van der Waals surface area (Å²) in [4.78, 5) is 43.4. The normalized spacial score (nSPS) is 23.9. The average molecular weight is 643 g/mol. The number of nitrogens with one attached hydrogen (secondary N) is 1. The first-order valence-electron chi connectivity index (χ1n) is 15.4. The van der Waals surface area contributed by atoms with Crippen LogP contribution in [0.2, 0.25) is 5.15 Å². The number of aliphatic imine (C=N–C) groups is 1. The molecular formula is C30H39ClN8O4S. The van der Waals surface area contributed by atoms with Gasteiger partial charge in [0.2, 0.25) is 0 Å². The van der Waals surface area contributed by atoms with Gasteiger partial charge in [0.15, 0.2) is 32.3 Å². The van der Waals surface area contributed by atoms with Crippen LogP contribution in [-0.4, -0.2) is 88.8 Å². The highest BCUT2D eigenvalue weighted by Crippen LogP contribution is 2.37. The number of halogens is 1. The molecule has 1 aromatic carbocycles. The number of benzene rings is 1. The van der Waals surface area contributed by atoms with Gasteiger partial charge in [-0.2, -0.15) is 0 Å². The lowest BCUT2D eigenvalue weighted by molar-refractivity contribution is 0.0672. The number of carbonyl (C=O) groups is 2. The van der Waals surface area contributed by atoms with Gasteiger partial charge in [-0.1, -0.05) is 17.7 Å². The predicted octanol–water partition coefficient (Wildman–Crippen LogP) is 3.07. The van der Waals surface area contributed by atoms with Crippen molar-refractivity contribution in [2.45, 2.75) is 85.9 Å². The van der Waals surface area contributed by atoms with E-state index in [0.717, 1.165) is 32.4 Å². The topological polar surface area (TPSA) is 177 Å². The number of hydrogen-bond donors (Lipinski definition) is 3. The van der Waals surface area contributed by atoms with E-state index >= 15 is 0 Å². The van der Waals surface area contributed by atoms with Gasteiger partial charge in [-0.3, -0.25) is 14.6 Å². The van der Waals surface area contributed by atoms with Gasteiger partial charge in [0, 0.05) is 31.1 Å². The van der Waals surface area contributed by atoms with Crippen LogP contribution in [-0.2, 0) is 9.84 Å². The summed E-state index contributed by atoms with van der Waals surface area (Å²) in [6.45, 7) is 3.21. The highest BCUT2D eigenvalue weighted by Gasteiger charge is 2.40. The predicted molar refractivity (Wildman–Crippen MR) is 168 cm³/mol. The van der Waals surface area contributed by atoms with E-state index in [0.29, 0.717) is 62.6 Å². The third-order valence-corrected chi connectivity index (χ3v) is 12.2. The van der Waals surface area contributed by atoms with Crippen molar-refractivity contribution in [2.75, 3.05) is 37.6 Å². The third-order valence-electron chi connectivity index (χ3n) is 9.71. The highest BCUT2D eigenvalue weighted by molar-refractivity contribution is 7.92. The Balaban J connectivity index is 1.06. The Morgan fingerprint density at radius 3 is 2.36 bits per heavy atom. The van der Waals surface area contributed by atoms with Crippen LogP contribution in [0, 0.1) is 0 Å². The molecule has 44 heavy (non-hydrogen) atoms. The minimum atomic E-state index is -3.53. The molecule has 0 bridgehead atoms. The zero-order valence-corrected chi connectivity index (χ0v) is 26.2. The number of likely N-dealkylation sites (tertiary alicyclic amines) is 2. The van der Waals surface area contributed by atoms with Gasteiger partial charge in [-0.05, 0) is 89.1 Å². The van der Waals surface area contributed by atoms with Crippen molar-refractivity contribution in [2.24, 2.45) is 4.99 Å². The Bertz CT molecular complexity index is 1580. The summed E-state index contributed by atoms with van der Waals surface area (Å²) in [7, 11) is -3.53. The van der Waals surface area contributed by atoms with E-state index in [-0.39, 0.29) is 38.8 Å². The number of hydrogen-bond acceptors (Lipinski definition) is 10. The summed E-state index contributed by atoms with van der Waals surface area (Å²) in [5.41, 5.74) is 11.3. The maximum Gasteiger partial charge on any atom is 0.279 e. The Kier molecular flexibility index (Phi) is 8.55. The number of nitrogen functional groups attached to an aromatic ring is 2. The fourth-order valence-electron chi connectivity index (χ4n) is 7.13. The van der Waals surface area contributed by atoms with Gasteiger partial charge >= 0.3 is 0 Å². The standard InChI is InChI=1S/C30H39ClN8O4S/c31-25-27(33)36-26(32)24(35-25)28(40)34-23-10-11-30(37-23)12-16-39(17-13-30)29(41)19-4-3-5-22(18-19)44(42,43)21-8-6-20(7-9-21)38-14-1-2-15-38/h3-5,18,20-21H,1-2,6-17H2,(H4,32,33,36)(H,34,37,40). The van der Waals surface area contributed by atoms with E-state index in [1.165, 1.54) is 12.8 Å². The van der Waals surface area contributed by atoms with E-state index in [4.69, 9.17) is 28.1 Å². The van der Waals surface area contributed by atoms with Crippen LogP contribution < -0.4 is 16.8 Å². The molecule has 5 N–H and O–H groups in total. The van der Waals surface area contributed by atoms with Crippen molar-refractivity contribution in [3.8, 4) is 0 Å². The van der Waals surface area contributed by atoms with E-state index in [1.807, 2.05) is 0 Å². The van der Waals surface area contributed by atoms with Gasteiger partial charge in [-0.25, -0.2) is 18.4 Å². The van der Waals surface area contributed by atoms with Gasteiger partial charge in [0.25, 0.3) is 11.8 Å². The average Bonchev–Trinajstić information content (AvgIpc) is 3.70. The molecule has 2 aromatic rings. The van der Waals surface area contributed by atoms with Crippen molar-refractivity contribution in [3.63, 3.8) is 0 Å². The lowest BCUT2D eigenvalue weighted by atomic mass is 9.86.